The van der Waals surface area contributed by atoms with Crippen molar-refractivity contribution in [3.05, 3.63) is 70.5 Å². The van der Waals surface area contributed by atoms with Crippen molar-refractivity contribution >= 4 is 39.2 Å². The summed E-state index contributed by atoms with van der Waals surface area (Å²) >= 11 is 3.27. The van der Waals surface area contributed by atoms with Gasteiger partial charge in [0.2, 0.25) is 0 Å². The minimum absolute atomic E-state index is 0.179. The van der Waals surface area contributed by atoms with E-state index in [-0.39, 0.29) is 6.01 Å². The van der Waals surface area contributed by atoms with Gasteiger partial charge in [0, 0.05) is 43.9 Å². The third-order valence-electron chi connectivity index (χ3n) is 4.10. The number of para-hydroxylation sites is 1. The molecule has 1 heterocycles. The van der Waals surface area contributed by atoms with Crippen LogP contribution in [0.3, 0.4) is 0 Å². The fraction of sp³-hybridized carbons (Fsp3) is 0.143. The van der Waals surface area contributed by atoms with Crippen LogP contribution in [0.15, 0.2) is 59.3 Å². The van der Waals surface area contributed by atoms with E-state index in [1.807, 2.05) is 27.1 Å². The first kappa shape index (κ1) is 21.3. The summed E-state index contributed by atoms with van der Waals surface area (Å²) in [7, 11) is 3.66. The van der Waals surface area contributed by atoms with Gasteiger partial charge in [0.05, 0.1) is 10.0 Å². The lowest BCUT2D eigenvalue weighted by Gasteiger charge is -2.16. The molecule has 30 heavy (non-hydrogen) atoms. The van der Waals surface area contributed by atoms with Gasteiger partial charge in [-0.2, -0.15) is 0 Å². The molecule has 0 saturated heterocycles. The highest BCUT2D eigenvalue weighted by atomic mass is 79.9. The maximum Gasteiger partial charge on any atom is 0.326 e. The Morgan fingerprint density at radius 1 is 1.07 bits per heavy atom. The van der Waals surface area contributed by atoms with E-state index >= 15 is 0 Å². The summed E-state index contributed by atoms with van der Waals surface area (Å²) in [5.41, 5.74) is 2.41. The molecule has 1 aromatic heterocycles. The van der Waals surface area contributed by atoms with E-state index in [9.17, 15) is 9.59 Å². The summed E-state index contributed by atoms with van der Waals surface area (Å²) in [5.74, 6) is -0.0111. The summed E-state index contributed by atoms with van der Waals surface area (Å²) in [4.78, 5) is 34.8. The Bertz CT molecular complexity index is 1070. The number of anilines is 2. The highest BCUT2D eigenvalue weighted by molar-refractivity contribution is 9.10. The predicted octanol–water partition coefficient (Wildman–Crippen LogP) is 4.37. The van der Waals surface area contributed by atoms with Gasteiger partial charge in [-0.3, -0.25) is 10.1 Å². The van der Waals surface area contributed by atoms with Crippen molar-refractivity contribution in [2.24, 2.45) is 0 Å². The lowest BCUT2D eigenvalue weighted by Crippen LogP contribution is -2.35. The number of carbonyl (C=O) groups is 2. The molecule has 0 unspecified atom stereocenters. The van der Waals surface area contributed by atoms with Gasteiger partial charge < -0.3 is 15.0 Å². The van der Waals surface area contributed by atoms with Crippen molar-refractivity contribution in [1.29, 1.82) is 0 Å². The topological polar surface area (TPSA) is 96.5 Å². The summed E-state index contributed by atoms with van der Waals surface area (Å²) in [6, 6.07) is 11.7. The largest absolute Gasteiger partial charge is 0.424 e. The van der Waals surface area contributed by atoms with E-state index in [0.717, 1.165) is 10.0 Å². The molecule has 0 aliphatic heterocycles. The number of rotatable bonds is 5. The zero-order chi connectivity index (χ0) is 21.7. The standard InChI is InChI=1S/C21H20BrN5O3/c1-13-8-9-15(10-18(13)30-21-23-11-14(22)12-24-21)25-20(29)26-19(28)16-6-4-5-7-17(16)27(2)3/h4-12H,1-3H3,(H2,25,26,28,29). The van der Waals surface area contributed by atoms with E-state index in [2.05, 4.69) is 36.5 Å². The fourth-order valence-corrected chi connectivity index (χ4v) is 2.83. The first-order valence-corrected chi connectivity index (χ1v) is 9.77. The first-order chi connectivity index (χ1) is 14.3. The van der Waals surface area contributed by atoms with Crippen LogP contribution in [0, 0.1) is 6.92 Å². The molecule has 3 amide bonds. The quantitative estimate of drug-likeness (QED) is 0.575. The van der Waals surface area contributed by atoms with Crippen molar-refractivity contribution < 1.29 is 14.3 Å². The lowest BCUT2D eigenvalue weighted by atomic mass is 10.1. The van der Waals surface area contributed by atoms with Crippen LogP contribution >= 0.6 is 15.9 Å². The first-order valence-electron chi connectivity index (χ1n) is 8.98. The smallest absolute Gasteiger partial charge is 0.326 e. The number of hydrogen-bond acceptors (Lipinski definition) is 6. The number of amides is 3. The number of carbonyl (C=O) groups excluding carboxylic acids is 2. The molecule has 3 rings (SSSR count). The van der Waals surface area contributed by atoms with Gasteiger partial charge in [-0.05, 0) is 46.6 Å². The average Bonchev–Trinajstić information content (AvgIpc) is 2.72. The average molecular weight is 470 g/mol. The number of hydrogen-bond donors (Lipinski definition) is 2. The van der Waals surface area contributed by atoms with Gasteiger partial charge >= 0.3 is 12.0 Å². The Morgan fingerprint density at radius 3 is 2.47 bits per heavy atom. The molecule has 0 radical (unpaired) electrons. The Labute approximate surface area is 182 Å². The molecule has 0 spiro atoms. The minimum Gasteiger partial charge on any atom is -0.424 e. The summed E-state index contributed by atoms with van der Waals surface area (Å²) < 4.78 is 6.43. The molecule has 0 aliphatic rings. The van der Waals surface area contributed by atoms with Crippen molar-refractivity contribution in [3.8, 4) is 11.8 Å². The summed E-state index contributed by atoms with van der Waals surface area (Å²) in [6.07, 6.45) is 3.15. The van der Waals surface area contributed by atoms with Crippen LogP contribution in [0.1, 0.15) is 15.9 Å². The number of aryl methyl sites for hydroxylation is 1. The number of aromatic nitrogens is 2. The molecule has 0 aliphatic carbocycles. The monoisotopic (exact) mass is 469 g/mol. The highest BCUT2D eigenvalue weighted by Gasteiger charge is 2.15. The number of urea groups is 1. The van der Waals surface area contributed by atoms with Crippen molar-refractivity contribution in [2.45, 2.75) is 6.92 Å². The van der Waals surface area contributed by atoms with Crippen molar-refractivity contribution in [2.75, 3.05) is 24.3 Å². The van der Waals surface area contributed by atoms with Crippen LogP contribution in [0.5, 0.6) is 11.8 Å². The Hall–Kier alpha value is -3.46. The van der Waals surface area contributed by atoms with Crippen molar-refractivity contribution in [1.82, 2.24) is 15.3 Å². The number of nitrogens with one attached hydrogen (secondary N) is 2. The van der Waals surface area contributed by atoms with E-state index in [4.69, 9.17) is 4.74 Å². The van der Waals surface area contributed by atoms with E-state index in [1.165, 1.54) is 0 Å². The normalized spacial score (nSPS) is 10.3. The highest BCUT2D eigenvalue weighted by Crippen LogP contribution is 2.26. The molecule has 0 atom stereocenters. The Balaban J connectivity index is 1.69. The van der Waals surface area contributed by atoms with Crippen LogP contribution in [0.2, 0.25) is 0 Å². The minimum atomic E-state index is -0.650. The van der Waals surface area contributed by atoms with Crippen molar-refractivity contribution in [3.63, 3.8) is 0 Å². The molecule has 2 aromatic carbocycles. The molecule has 9 heteroatoms. The fourth-order valence-electron chi connectivity index (χ4n) is 2.63. The zero-order valence-electron chi connectivity index (χ0n) is 16.6. The van der Waals surface area contributed by atoms with Crippen LogP contribution < -0.4 is 20.3 Å². The molecular weight excluding hydrogens is 450 g/mol. The summed E-state index contributed by atoms with van der Waals surface area (Å²) in [5, 5.41) is 4.98. The molecule has 3 aromatic rings. The molecule has 0 bridgehead atoms. The maximum atomic E-state index is 12.5. The Kier molecular flexibility index (Phi) is 6.63. The van der Waals surface area contributed by atoms with Crippen LogP contribution in [0.4, 0.5) is 16.2 Å². The third kappa shape index (κ3) is 5.32. The van der Waals surface area contributed by atoms with E-state index < -0.39 is 11.9 Å². The number of nitrogens with zero attached hydrogens (tertiary/aromatic N) is 3. The van der Waals surface area contributed by atoms with Gasteiger partial charge in [0.1, 0.15) is 5.75 Å². The second-order valence-corrected chi connectivity index (χ2v) is 7.50. The number of imide groups is 1. The van der Waals surface area contributed by atoms with Gasteiger partial charge in [-0.15, -0.1) is 0 Å². The molecule has 8 nitrogen and oxygen atoms in total. The van der Waals surface area contributed by atoms with E-state index in [1.54, 1.807) is 53.7 Å². The van der Waals surface area contributed by atoms with Gasteiger partial charge in [-0.25, -0.2) is 14.8 Å². The van der Waals surface area contributed by atoms with Crippen LogP contribution in [0.25, 0.3) is 0 Å². The van der Waals surface area contributed by atoms with Crippen LogP contribution in [-0.4, -0.2) is 36.0 Å². The SMILES string of the molecule is Cc1ccc(NC(=O)NC(=O)c2ccccc2N(C)C)cc1Oc1ncc(Br)cn1. The Morgan fingerprint density at radius 2 is 1.77 bits per heavy atom. The lowest BCUT2D eigenvalue weighted by molar-refractivity contribution is 0.0967. The molecule has 0 saturated carbocycles. The molecule has 0 fully saturated rings. The molecule has 154 valence electrons. The van der Waals surface area contributed by atoms with Crippen LogP contribution in [-0.2, 0) is 0 Å². The van der Waals surface area contributed by atoms with Gasteiger partial charge in [0.15, 0.2) is 0 Å². The van der Waals surface area contributed by atoms with Gasteiger partial charge in [0.25, 0.3) is 5.91 Å². The third-order valence-corrected chi connectivity index (χ3v) is 4.51. The zero-order valence-corrected chi connectivity index (χ0v) is 18.2. The van der Waals surface area contributed by atoms with Gasteiger partial charge in [-0.1, -0.05) is 18.2 Å². The predicted molar refractivity (Wildman–Crippen MR) is 118 cm³/mol. The summed E-state index contributed by atoms with van der Waals surface area (Å²) in [6.45, 7) is 1.86. The molecule has 2 N–H and O–H groups in total. The second kappa shape index (κ2) is 9.36. The maximum absolute atomic E-state index is 12.5. The molecular formula is C21H20BrN5O3. The van der Waals surface area contributed by atoms with E-state index in [0.29, 0.717) is 22.7 Å². The number of ether oxygens (including phenoxy) is 1. The number of benzene rings is 2. The second-order valence-electron chi connectivity index (χ2n) is 6.59. The number of halogens is 1.